The van der Waals surface area contributed by atoms with Gasteiger partial charge in [-0.25, -0.2) is 0 Å². The van der Waals surface area contributed by atoms with Crippen LogP contribution in [0.5, 0.6) is 11.5 Å². The van der Waals surface area contributed by atoms with Crippen LogP contribution in [0, 0.1) is 0 Å². The lowest BCUT2D eigenvalue weighted by Gasteiger charge is -2.43. The first-order valence-corrected chi connectivity index (χ1v) is 11.2. The first kappa shape index (κ1) is 20.9. The molecule has 0 bridgehead atoms. The molecule has 2 aromatic rings. The third-order valence-electron chi connectivity index (χ3n) is 5.23. The number of fused-ring (bicyclic) bond motifs is 2. The molecule has 0 saturated carbocycles. The molecule has 0 saturated heterocycles. The van der Waals surface area contributed by atoms with Crippen LogP contribution >= 0.6 is 23.4 Å². The maximum absolute atomic E-state index is 13.4. The van der Waals surface area contributed by atoms with Crippen molar-refractivity contribution in [3.05, 3.63) is 47.0 Å². The van der Waals surface area contributed by atoms with Crippen molar-refractivity contribution in [3.63, 3.8) is 0 Å². The molecule has 1 atom stereocenters. The van der Waals surface area contributed by atoms with Gasteiger partial charge in [0, 0.05) is 5.75 Å². The highest BCUT2D eigenvalue weighted by molar-refractivity contribution is 7.99. The number of amides is 2. The lowest BCUT2D eigenvalue weighted by atomic mass is 9.96. The van der Waals surface area contributed by atoms with Crippen molar-refractivity contribution in [1.29, 1.82) is 0 Å². The molecule has 0 fully saturated rings. The van der Waals surface area contributed by atoms with E-state index in [1.54, 1.807) is 24.8 Å². The fraction of sp³-hybridized carbons (Fsp3) is 0.364. The second-order valence-corrected chi connectivity index (χ2v) is 9.50. The first-order valence-electron chi connectivity index (χ1n) is 9.73. The molecule has 2 heterocycles. The Kier molecular flexibility index (Phi) is 5.59. The van der Waals surface area contributed by atoms with E-state index < -0.39 is 5.54 Å². The number of hydrogen-bond acceptors (Lipinski definition) is 5. The van der Waals surface area contributed by atoms with Crippen LogP contribution in [0.4, 0.5) is 11.4 Å². The number of carbonyl (C=O) groups excluding carboxylic acids is 2. The monoisotopic (exact) mass is 446 g/mol. The number of rotatable bonds is 4. The summed E-state index contributed by atoms with van der Waals surface area (Å²) in [5.74, 6) is 1.46. The normalized spacial score (nSPS) is 17.7. The highest BCUT2D eigenvalue weighted by Crippen LogP contribution is 2.41. The lowest BCUT2D eigenvalue weighted by Crippen LogP contribution is -2.60. The molecule has 1 N–H and O–H groups in total. The Bertz CT molecular complexity index is 1010. The average Bonchev–Trinajstić information content (AvgIpc) is 2.72. The maximum Gasteiger partial charge on any atom is 0.250 e. The summed E-state index contributed by atoms with van der Waals surface area (Å²) in [6.07, 6.45) is 0. The zero-order valence-electron chi connectivity index (χ0n) is 17.0. The van der Waals surface area contributed by atoms with E-state index in [-0.39, 0.29) is 17.1 Å². The number of para-hydroxylation sites is 2. The van der Waals surface area contributed by atoms with Crippen molar-refractivity contribution in [3.8, 4) is 11.5 Å². The number of halogens is 1. The summed E-state index contributed by atoms with van der Waals surface area (Å²) in [6, 6.07) is 11.1. The molecule has 0 aromatic heterocycles. The summed E-state index contributed by atoms with van der Waals surface area (Å²) in [4.78, 5) is 27.6. The van der Waals surface area contributed by atoms with Gasteiger partial charge in [-0.2, -0.15) is 0 Å². The van der Waals surface area contributed by atoms with Crippen molar-refractivity contribution in [2.75, 3.05) is 23.4 Å². The SMILES string of the molecule is C[C@@H](SCc1cc(Cl)c2c(c1)OCCO2)C(=O)N1c2ccccc2NC(=O)C1(C)C. The molecular weight excluding hydrogens is 424 g/mol. The zero-order chi connectivity index (χ0) is 21.5. The van der Waals surface area contributed by atoms with Gasteiger partial charge in [0.25, 0.3) is 0 Å². The fourth-order valence-electron chi connectivity index (χ4n) is 3.57. The van der Waals surface area contributed by atoms with E-state index in [1.165, 1.54) is 11.8 Å². The van der Waals surface area contributed by atoms with E-state index in [1.807, 2.05) is 37.3 Å². The Balaban J connectivity index is 1.53. The van der Waals surface area contributed by atoms with E-state index in [4.69, 9.17) is 21.1 Å². The van der Waals surface area contributed by atoms with E-state index in [9.17, 15) is 9.59 Å². The average molecular weight is 447 g/mol. The third kappa shape index (κ3) is 3.72. The molecule has 2 aliphatic rings. The molecule has 0 radical (unpaired) electrons. The van der Waals surface area contributed by atoms with E-state index in [0.29, 0.717) is 46.9 Å². The number of hydrogen-bond donors (Lipinski definition) is 1. The standard InChI is InChI=1S/C22H23ClN2O4S/c1-13(30-12-14-10-15(23)19-18(11-14)28-8-9-29-19)20(26)25-17-7-5-4-6-16(17)24-21(27)22(25,2)3/h4-7,10-11,13H,8-9,12H2,1-3H3,(H,24,27)/t13-/m1/s1. The molecule has 6 nitrogen and oxygen atoms in total. The molecule has 4 rings (SSSR count). The van der Waals surface area contributed by atoms with Crippen LogP contribution in [0.1, 0.15) is 26.3 Å². The van der Waals surface area contributed by atoms with Gasteiger partial charge in [-0.15, -0.1) is 11.8 Å². The van der Waals surface area contributed by atoms with Crippen molar-refractivity contribution in [1.82, 2.24) is 0 Å². The topological polar surface area (TPSA) is 67.9 Å². The molecule has 8 heteroatoms. The number of anilines is 2. The van der Waals surface area contributed by atoms with E-state index >= 15 is 0 Å². The minimum absolute atomic E-state index is 0.115. The number of nitrogens with one attached hydrogen (secondary N) is 1. The second-order valence-electron chi connectivity index (χ2n) is 7.76. The van der Waals surface area contributed by atoms with Crippen molar-refractivity contribution in [2.24, 2.45) is 0 Å². The highest BCUT2D eigenvalue weighted by atomic mass is 35.5. The molecule has 30 heavy (non-hydrogen) atoms. The summed E-state index contributed by atoms with van der Waals surface area (Å²) in [6.45, 7) is 6.34. The molecular formula is C22H23ClN2O4S. The first-order chi connectivity index (χ1) is 14.3. The molecule has 2 aliphatic heterocycles. The molecule has 0 unspecified atom stereocenters. The Morgan fingerprint density at radius 3 is 2.80 bits per heavy atom. The zero-order valence-corrected chi connectivity index (χ0v) is 18.6. The van der Waals surface area contributed by atoms with Gasteiger partial charge in [-0.1, -0.05) is 23.7 Å². The molecule has 0 aliphatic carbocycles. The predicted octanol–water partition coefficient (Wildman–Crippen LogP) is 4.50. The van der Waals surface area contributed by atoms with Gasteiger partial charge >= 0.3 is 0 Å². The number of thioether (sulfide) groups is 1. The van der Waals surface area contributed by atoms with Crippen molar-refractivity contribution >= 4 is 46.6 Å². The number of nitrogens with zero attached hydrogens (tertiary/aromatic N) is 1. The quantitative estimate of drug-likeness (QED) is 0.749. The Morgan fingerprint density at radius 2 is 2.00 bits per heavy atom. The molecule has 158 valence electrons. The summed E-state index contributed by atoms with van der Waals surface area (Å²) in [5.41, 5.74) is 1.32. The summed E-state index contributed by atoms with van der Waals surface area (Å²) < 4.78 is 11.2. The Hall–Kier alpha value is -2.38. The summed E-state index contributed by atoms with van der Waals surface area (Å²) in [5, 5.41) is 3.03. The number of carbonyl (C=O) groups is 2. The Morgan fingerprint density at radius 1 is 1.27 bits per heavy atom. The number of benzene rings is 2. The summed E-state index contributed by atoms with van der Waals surface area (Å²) >= 11 is 7.81. The van der Waals surface area contributed by atoms with Gasteiger partial charge in [-0.05, 0) is 50.6 Å². The van der Waals surface area contributed by atoms with Gasteiger partial charge in [0.05, 0.1) is 21.6 Å². The van der Waals surface area contributed by atoms with Gasteiger partial charge in [0.2, 0.25) is 11.8 Å². The van der Waals surface area contributed by atoms with Crippen LogP contribution in [0.25, 0.3) is 0 Å². The van der Waals surface area contributed by atoms with Crippen molar-refractivity contribution < 1.29 is 19.1 Å². The van der Waals surface area contributed by atoms with Crippen LogP contribution in [0.15, 0.2) is 36.4 Å². The highest BCUT2D eigenvalue weighted by Gasteiger charge is 2.44. The van der Waals surface area contributed by atoms with Crippen LogP contribution in [-0.4, -0.2) is 35.8 Å². The van der Waals surface area contributed by atoms with Gasteiger partial charge < -0.3 is 14.8 Å². The van der Waals surface area contributed by atoms with Crippen LogP contribution in [0.2, 0.25) is 5.02 Å². The van der Waals surface area contributed by atoms with E-state index in [0.717, 1.165) is 5.56 Å². The van der Waals surface area contributed by atoms with Crippen LogP contribution in [0.3, 0.4) is 0 Å². The van der Waals surface area contributed by atoms with Gasteiger partial charge in [-0.3, -0.25) is 14.5 Å². The van der Waals surface area contributed by atoms with Crippen molar-refractivity contribution in [2.45, 2.75) is 37.3 Å². The molecule has 0 spiro atoms. The largest absolute Gasteiger partial charge is 0.486 e. The predicted molar refractivity (Wildman–Crippen MR) is 120 cm³/mol. The minimum atomic E-state index is -0.986. The molecule has 2 aromatic carbocycles. The minimum Gasteiger partial charge on any atom is -0.486 e. The Labute approximate surface area is 184 Å². The number of ether oxygens (including phenoxy) is 2. The van der Waals surface area contributed by atoms with Crippen LogP contribution in [-0.2, 0) is 15.3 Å². The van der Waals surface area contributed by atoms with E-state index in [2.05, 4.69) is 5.32 Å². The summed E-state index contributed by atoms with van der Waals surface area (Å²) in [7, 11) is 0. The smallest absolute Gasteiger partial charge is 0.250 e. The maximum atomic E-state index is 13.4. The molecule has 2 amide bonds. The van der Waals surface area contributed by atoms with Gasteiger partial charge in [0.15, 0.2) is 11.5 Å². The second kappa shape index (κ2) is 8.04. The van der Waals surface area contributed by atoms with Crippen LogP contribution < -0.4 is 19.7 Å². The third-order valence-corrected chi connectivity index (χ3v) is 6.71. The fourth-order valence-corrected chi connectivity index (χ4v) is 4.71. The lowest BCUT2D eigenvalue weighted by molar-refractivity contribution is -0.126. The van der Waals surface area contributed by atoms with Gasteiger partial charge in [0.1, 0.15) is 18.8 Å².